The number of carbonyl (C=O) groups is 3. The van der Waals surface area contributed by atoms with Crippen molar-refractivity contribution in [3.05, 3.63) is 48.6 Å². The van der Waals surface area contributed by atoms with Gasteiger partial charge in [0.1, 0.15) is 12.7 Å². The zero-order valence-corrected chi connectivity index (χ0v) is 47.3. The summed E-state index contributed by atoms with van der Waals surface area (Å²) in [4.78, 5) is 48.5. The van der Waals surface area contributed by atoms with E-state index in [1.54, 1.807) is 0 Å². The molecule has 0 aromatic carbocycles. The van der Waals surface area contributed by atoms with Crippen molar-refractivity contribution in [2.75, 3.05) is 26.4 Å². The van der Waals surface area contributed by atoms with Gasteiger partial charge in [0, 0.05) is 19.3 Å². The third-order valence-electron chi connectivity index (χ3n) is 12.7. The fraction of sp³-hybridized carbons (Fsp3) is 0.817. The first-order valence-corrected chi connectivity index (χ1v) is 31.0. The van der Waals surface area contributed by atoms with Gasteiger partial charge in [-0.1, -0.05) is 223 Å². The summed E-state index contributed by atoms with van der Waals surface area (Å²) in [7, 11) is -4.75. The number of aliphatic hydroxyl groups excluding tert-OH is 1. The van der Waals surface area contributed by atoms with Crippen LogP contribution in [-0.2, 0) is 42.2 Å². The number of hydrogen-bond donors (Lipinski definition) is 2. The molecule has 0 aliphatic heterocycles. The first-order chi connectivity index (χ1) is 35.2. The Morgan fingerprint density at radius 2 is 0.681 bits per heavy atom. The number of carbonyl (C=O) groups excluding carboxylic acids is 3. The van der Waals surface area contributed by atoms with Crippen molar-refractivity contribution in [3.8, 4) is 0 Å². The molecule has 0 saturated heterocycles. The van der Waals surface area contributed by atoms with Crippen molar-refractivity contribution in [1.82, 2.24) is 0 Å². The molecule has 0 aromatic rings. The molecule has 0 aromatic heterocycles. The van der Waals surface area contributed by atoms with Crippen LogP contribution in [0.25, 0.3) is 0 Å². The normalized spacial score (nSPS) is 13.7. The number of phosphoric ester groups is 1. The summed E-state index contributed by atoms with van der Waals surface area (Å²) in [6.45, 7) is 4.61. The Labute approximate surface area is 441 Å². The SMILES string of the molecule is CCCCC/C=C\C/C=C\C/C=C\CCCCCCCCC(=O)OCC(COP(=O)(O)OCC(CO)OC(=O)CCCCCCCCCCCCC)OC(=O)CCCCCCC/C=C\CCCCCCCC. The fourth-order valence-electron chi connectivity index (χ4n) is 8.18. The molecule has 2 N–H and O–H groups in total. The summed E-state index contributed by atoms with van der Waals surface area (Å²) in [5, 5.41) is 9.79. The average molecular weight is 1040 g/mol. The van der Waals surface area contributed by atoms with E-state index >= 15 is 0 Å². The molecule has 0 spiro atoms. The third kappa shape index (κ3) is 52.3. The number of hydrogen-bond acceptors (Lipinski definition) is 10. The van der Waals surface area contributed by atoms with Crippen molar-refractivity contribution in [1.29, 1.82) is 0 Å². The lowest BCUT2D eigenvalue weighted by Crippen LogP contribution is -2.30. The number of allylic oxidation sites excluding steroid dienone is 8. The van der Waals surface area contributed by atoms with Gasteiger partial charge in [0.05, 0.1) is 19.8 Å². The van der Waals surface area contributed by atoms with Gasteiger partial charge in [-0.05, 0) is 83.5 Å². The second kappa shape index (κ2) is 54.7. The van der Waals surface area contributed by atoms with E-state index in [-0.39, 0.29) is 25.9 Å². The highest BCUT2D eigenvalue weighted by Crippen LogP contribution is 2.43. The van der Waals surface area contributed by atoms with E-state index in [0.717, 1.165) is 109 Å². The topological polar surface area (TPSA) is 155 Å². The lowest BCUT2D eigenvalue weighted by atomic mass is 10.1. The van der Waals surface area contributed by atoms with Gasteiger partial charge in [0.25, 0.3) is 0 Å². The Kier molecular flexibility index (Phi) is 52.7. The Morgan fingerprint density at radius 1 is 0.389 bits per heavy atom. The van der Waals surface area contributed by atoms with Gasteiger partial charge in [-0.2, -0.15) is 0 Å². The smallest absolute Gasteiger partial charge is 0.462 e. The molecule has 0 heterocycles. The predicted molar refractivity (Wildman–Crippen MR) is 298 cm³/mol. The van der Waals surface area contributed by atoms with Crippen LogP contribution in [0, 0.1) is 0 Å². The largest absolute Gasteiger partial charge is 0.472 e. The van der Waals surface area contributed by atoms with Crippen LogP contribution in [0.2, 0.25) is 0 Å². The Balaban J connectivity index is 4.73. The zero-order chi connectivity index (χ0) is 52.7. The van der Waals surface area contributed by atoms with E-state index in [1.165, 1.54) is 109 Å². The van der Waals surface area contributed by atoms with Crippen LogP contribution < -0.4 is 0 Å². The second-order valence-electron chi connectivity index (χ2n) is 19.8. The molecule has 0 rings (SSSR count). The highest BCUT2D eigenvalue weighted by molar-refractivity contribution is 7.47. The molecule has 3 atom stereocenters. The monoisotopic (exact) mass is 1040 g/mol. The summed E-state index contributed by atoms with van der Waals surface area (Å²) in [5.41, 5.74) is 0. The molecule has 11 nitrogen and oxygen atoms in total. The maximum Gasteiger partial charge on any atom is 0.472 e. The van der Waals surface area contributed by atoms with E-state index in [2.05, 4.69) is 69.4 Å². The van der Waals surface area contributed by atoms with Gasteiger partial charge in [0.2, 0.25) is 0 Å². The molecule has 0 radical (unpaired) electrons. The van der Waals surface area contributed by atoms with Gasteiger partial charge < -0.3 is 24.2 Å². The lowest BCUT2D eigenvalue weighted by Gasteiger charge is -2.21. The van der Waals surface area contributed by atoms with E-state index in [9.17, 15) is 28.9 Å². The van der Waals surface area contributed by atoms with Crippen molar-refractivity contribution in [2.24, 2.45) is 0 Å². The van der Waals surface area contributed by atoms with Crippen molar-refractivity contribution in [3.63, 3.8) is 0 Å². The van der Waals surface area contributed by atoms with Gasteiger partial charge in [0.15, 0.2) is 6.10 Å². The molecule has 420 valence electrons. The standard InChI is InChI=1S/C60H109O11P/c1-4-7-10-13-16-19-22-24-26-27-28-29-31-32-35-37-40-43-46-49-58(62)67-53-57(71-60(64)51-48-45-42-39-36-33-30-25-23-20-17-14-11-8-5-2)55-69-72(65,66)68-54-56(52-61)70-59(63)50-47-44-41-38-34-21-18-15-12-9-6-3/h16,19,24-26,28-30,56-57,61H,4-15,17-18,20-23,27,31-55H2,1-3H3,(H,65,66)/b19-16-,26-24-,29-28-,30-25-. The molecule has 12 heteroatoms. The van der Waals surface area contributed by atoms with Crippen molar-refractivity contribution in [2.45, 2.75) is 290 Å². The van der Waals surface area contributed by atoms with E-state index < -0.39 is 57.8 Å². The Morgan fingerprint density at radius 3 is 1.08 bits per heavy atom. The van der Waals surface area contributed by atoms with Crippen molar-refractivity contribution >= 4 is 25.7 Å². The second-order valence-corrected chi connectivity index (χ2v) is 21.3. The number of aliphatic hydroxyl groups is 1. The quantitative estimate of drug-likeness (QED) is 0.0197. The van der Waals surface area contributed by atoms with Crippen LogP contribution in [0.4, 0.5) is 0 Å². The van der Waals surface area contributed by atoms with E-state index in [4.69, 9.17) is 23.3 Å². The van der Waals surface area contributed by atoms with Crippen LogP contribution in [-0.4, -0.2) is 66.5 Å². The molecule has 0 fully saturated rings. The van der Waals surface area contributed by atoms with Crippen LogP contribution in [0.3, 0.4) is 0 Å². The number of phosphoric acid groups is 1. The average Bonchev–Trinajstić information content (AvgIpc) is 3.37. The number of esters is 3. The zero-order valence-electron chi connectivity index (χ0n) is 46.4. The number of unbranched alkanes of at least 4 members (excludes halogenated alkanes) is 30. The maximum atomic E-state index is 12.9. The number of ether oxygens (including phenoxy) is 3. The minimum Gasteiger partial charge on any atom is -0.462 e. The number of rotatable bonds is 55. The van der Waals surface area contributed by atoms with Gasteiger partial charge in [-0.25, -0.2) is 4.57 Å². The molecule has 0 aliphatic carbocycles. The van der Waals surface area contributed by atoms with Crippen LogP contribution in [0.1, 0.15) is 278 Å². The van der Waals surface area contributed by atoms with Crippen molar-refractivity contribution < 1.29 is 52.2 Å². The summed E-state index contributed by atoms with van der Waals surface area (Å²) < 4.78 is 39.5. The Bertz CT molecular complexity index is 1400. The van der Waals surface area contributed by atoms with Crippen LogP contribution in [0.5, 0.6) is 0 Å². The maximum absolute atomic E-state index is 12.9. The molecular weight excluding hydrogens is 928 g/mol. The first kappa shape index (κ1) is 69.4. The van der Waals surface area contributed by atoms with Crippen LogP contribution >= 0.6 is 7.82 Å². The third-order valence-corrected chi connectivity index (χ3v) is 13.7. The molecule has 0 saturated carbocycles. The first-order valence-electron chi connectivity index (χ1n) is 29.5. The molecular formula is C60H109O11P. The van der Waals surface area contributed by atoms with Gasteiger partial charge >= 0.3 is 25.7 Å². The summed E-state index contributed by atoms with van der Waals surface area (Å²) in [5.74, 6) is -1.48. The van der Waals surface area contributed by atoms with Gasteiger partial charge in [-0.3, -0.25) is 23.4 Å². The highest BCUT2D eigenvalue weighted by Gasteiger charge is 2.28. The van der Waals surface area contributed by atoms with E-state index in [1.807, 2.05) is 0 Å². The molecule has 0 aliphatic rings. The fourth-order valence-corrected chi connectivity index (χ4v) is 8.97. The predicted octanol–water partition coefficient (Wildman–Crippen LogP) is 17.4. The Hall–Kier alpha value is -2.56. The minimum atomic E-state index is -4.75. The molecule has 72 heavy (non-hydrogen) atoms. The van der Waals surface area contributed by atoms with E-state index in [0.29, 0.717) is 19.3 Å². The highest BCUT2D eigenvalue weighted by atomic mass is 31.2. The lowest BCUT2D eigenvalue weighted by molar-refractivity contribution is -0.161. The molecule has 0 amide bonds. The molecule has 0 bridgehead atoms. The van der Waals surface area contributed by atoms with Crippen LogP contribution in [0.15, 0.2) is 48.6 Å². The summed E-state index contributed by atoms with van der Waals surface area (Å²) in [6.07, 6.45) is 57.8. The van der Waals surface area contributed by atoms with Gasteiger partial charge in [-0.15, -0.1) is 0 Å². The minimum absolute atomic E-state index is 0.156. The summed E-state index contributed by atoms with van der Waals surface area (Å²) in [6, 6.07) is 0. The molecule has 3 unspecified atom stereocenters. The summed E-state index contributed by atoms with van der Waals surface area (Å²) >= 11 is 0.